The zero-order valence-corrected chi connectivity index (χ0v) is 10.3. The minimum Gasteiger partial charge on any atom is -0.375 e. The quantitative estimate of drug-likeness (QED) is 0.518. The summed E-state index contributed by atoms with van der Waals surface area (Å²) in [4.78, 5) is 0. The lowest BCUT2D eigenvalue weighted by atomic mass is 10.1. The number of nitrogens with zero attached hydrogens (tertiary/aromatic N) is 2. The predicted molar refractivity (Wildman–Crippen MR) is 61.6 cm³/mol. The number of rotatable bonds is 0. The topological polar surface area (TPSA) is 61.8 Å². The molecule has 0 aromatic carbocycles. The third-order valence-corrected chi connectivity index (χ3v) is 2.87. The Hall–Kier alpha value is 0.190. The Morgan fingerprint density at radius 3 is 2.50 bits per heavy atom. The zero-order valence-electron chi connectivity index (χ0n) is 7.17. The van der Waals surface area contributed by atoms with Crippen LogP contribution in [0.4, 0.5) is 0 Å². The Morgan fingerprint density at radius 2 is 2.21 bits per heavy atom. The lowest BCUT2D eigenvalue weighted by Crippen LogP contribution is -2.56. The highest BCUT2D eigenvalue weighted by Gasteiger charge is 2.56. The summed E-state index contributed by atoms with van der Waals surface area (Å²) in [6, 6.07) is 0. The fourth-order valence-electron chi connectivity index (χ4n) is 1.17. The first-order valence-corrected chi connectivity index (χ1v) is 5.15. The van der Waals surface area contributed by atoms with E-state index in [1.807, 2.05) is 0 Å². The van der Waals surface area contributed by atoms with Gasteiger partial charge in [-0.2, -0.15) is 5.10 Å². The molecule has 0 radical (unpaired) electrons. The van der Waals surface area contributed by atoms with Gasteiger partial charge in [-0.25, -0.2) is 5.01 Å². The fourth-order valence-corrected chi connectivity index (χ4v) is 1.80. The van der Waals surface area contributed by atoms with E-state index in [4.69, 9.17) is 40.5 Å². The molecule has 0 saturated heterocycles. The number of aliphatic hydroxyl groups is 1. The number of halogens is 3. The maximum Gasteiger partial charge on any atom is 0.239 e. The van der Waals surface area contributed by atoms with Gasteiger partial charge in [-0.3, -0.25) is 0 Å². The van der Waals surface area contributed by atoms with Crippen LogP contribution in [0.25, 0.3) is 0 Å². The SMILES string of the molecule is CC1=NN(C(N)=S)C(O)(C(Cl)(Cl)Cl)C1. The number of thiocarbonyl (C=S) groups is 1. The first-order valence-electron chi connectivity index (χ1n) is 3.61. The van der Waals surface area contributed by atoms with Gasteiger partial charge < -0.3 is 10.8 Å². The van der Waals surface area contributed by atoms with Gasteiger partial charge in [0.25, 0.3) is 0 Å². The number of alkyl halides is 3. The van der Waals surface area contributed by atoms with Crippen LogP contribution in [0, 0.1) is 0 Å². The van der Waals surface area contributed by atoms with Gasteiger partial charge in [0.1, 0.15) is 0 Å². The van der Waals surface area contributed by atoms with Gasteiger partial charge in [-0.05, 0) is 19.1 Å². The van der Waals surface area contributed by atoms with E-state index in [2.05, 4.69) is 17.3 Å². The van der Waals surface area contributed by atoms with Crippen molar-refractivity contribution in [3.63, 3.8) is 0 Å². The molecule has 1 rings (SSSR count). The zero-order chi connectivity index (χ0) is 11.1. The second-order valence-corrected chi connectivity index (χ2v) is 5.68. The summed E-state index contributed by atoms with van der Waals surface area (Å²) >= 11 is 21.6. The summed E-state index contributed by atoms with van der Waals surface area (Å²) in [5.41, 5.74) is 4.14. The molecular weight excluding hydrogens is 269 g/mol. The molecule has 1 unspecified atom stereocenters. The Balaban J connectivity index is 3.08. The predicted octanol–water partition coefficient (Wildman–Crippen LogP) is 1.37. The van der Waals surface area contributed by atoms with Crippen LogP contribution in [0.2, 0.25) is 0 Å². The maximum atomic E-state index is 10.1. The average Bonchev–Trinajstić information content (AvgIpc) is 2.25. The van der Waals surface area contributed by atoms with E-state index in [1.165, 1.54) is 0 Å². The summed E-state index contributed by atoms with van der Waals surface area (Å²) in [7, 11) is 0. The molecule has 14 heavy (non-hydrogen) atoms. The normalized spacial score (nSPS) is 27.8. The van der Waals surface area contributed by atoms with Crippen LogP contribution in [0.15, 0.2) is 5.10 Å². The molecule has 4 nitrogen and oxygen atoms in total. The van der Waals surface area contributed by atoms with Crippen LogP contribution in [0.1, 0.15) is 13.3 Å². The van der Waals surface area contributed by atoms with Gasteiger partial charge in [-0.1, -0.05) is 34.8 Å². The highest BCUT2D eigenvalue weighted by atomic mass is 35.6. The summed E-state index contributed by atoms with van der Waals surface area (Å²) in [6.45, 7) is 1.68. The van der Waals surface area contributed by atoms with Gasteiger partial charge in [0.2, 0.25) is 9.52 Å². The molecule has 0 aromatic rings. The van der Waals surface area contributed by atoms with Crippen LogP contribution in [0.5, 0.6) is 0 Å². The molecule has 0 bridgehead atoms. The summed E-state index contributed by atoms with van der Waals surface area (Å²) < 4.78 is -1.93. The second-order valence-electron chi connectivity index (χ2n) is 2.98. The second kappa shape index (κ2) is 3.64. The number of hydrogen-bond acceptors (Lipinski definition) is 3. The molecule has 0 aliphatic carbocycles. The molecule has 3 N–H and O–H groups in total. The van der Waals surface area contributed by atoms with Crippen LogP contribution < -0.4 is 5.73 Å². The smallest absolute Gasteiger partial charge is 0.239 e. The molecular formula is C6H8Cl3N3OS. The van der Waals surface area contributed by atoms with Crippen molar-refractivity contribution >= 4 is 57.8 Å². The fraction of sp³-hybridized carbons (Fsp3) is 0.667. The molecule has 0 amide bonds. The monoisotopic (exact) mass is 275 g/mol. The molecule has 1 heterocycles. The Labute approximate surface area is 102 Å². The minimum atomic E-state index is -1.93. The van der Waals surface area contributed by atoms with E-state index < -0.39 is 9.52 Å². The summed E-state index contributed by atoms with van der Waals surface area (Å²) in [5.74, 6) is 0. The number of hydrogen-bond donors (Lipinski definition) is 2. The molecule has 8 heteroatoms. The van der Waals surface area contributed by atoms with E-state index >= 15 is 0 Å². The van der Waals surface area contributed by atoms with E-state index in [1.54, 1.807) is 6.92 Å². The first kappa shape index (κ1) is 12.3. The van der Waals surface area contributed by atoms with Crippen molar-refractivity contribution in [2.75, 3.05) is 0 Å². The average molecular weight is 277 g/mol. The van der Waals surface area contributed by atoms with Gasteiger partial charge in [0.15, 0.2) is 5.11 Å². The first-order chi connectivity index (χ1) is 6.18. The van der Waals surface area contributed by atoms with Crippen molar-refractivity contribution in [1.29, 1.82) is 0 Å². The standard InChI is InChI=1S/C6H8Cl3N3OS/c1-3-2-5(13,6(7,8)9)12(11-3)4(10)14/h13H,2H2,1H3,(H2,10,14). The molecule has 0 saturated carbocycles. The highest BCUT2D eigenvalue weighted by molar-refractivity contribution is 7.80. The molecule has 0 aromatic heterocycles. The lowest BCUT2D eigenvalue weighted by molar-refractivity contribution is -0.0463. The van der Waals surface area contributed by atoms with E-state index in [0.29, 0.717) is 5.71 Å². The van der Waals surface area contributed by atoms with Crippen molar-refractivity contribution in [1.82, 2.24) is 5.01 Å². The van der Waals surface area contributed by atoms with Crippen LogP contribution in [-0.4, -0.2) is 30.5 Å². The highest BCUT2D eigenvalue weighted by Crippen LogP contribution is 2.45. The summed E-state index contributed by atoms with van der Waals surface area (Å²) in [5, 5.41) is 14.8. The largest absolute Gasteiger partial charge is 0.375 e. The molecule has 1 aliphatic heterocycles. The molecule has 1 aliphatic rings. The Bertz CT molecular complexity index is 303. The van der Waals surface area contributed by atoms with E-state index in [-0.39, 0.29) is 11.5 Å². The number of hydrazone groups is 1. The third kappa shape index (κ3) is 1.92. The molecule has 0 fully saturated rings. The Morgan fingerprint density at radius 1 is 1.71 bits per heavy atom. The van der Waals surface area contributed by atoms with Gasteiger partial charge in [0.05, 0.1) is 0 Å². The Kier molecular flexibility index (Phi) is 3.19. The van der Waals surface area contributed by atoms with Gasteiger partial charge >= 0.3 is 0 Å². The van der Waals surface area contributed by atoms with Crippen LogP contribution >= 0.6 is 47.0 Å². The van der Waals surface area contributed by atoms with Crippen molar-refractivity contribution in [2.45, 2.75) is 22.9 Å². The molecule has 80 valence electrons. The molecule has 0 spiro atoms. The van der Waals surface area contributed by atoms with Crippen molar-refractivity contribution in [3.05, 3.63) is 0 Å². The van der Waals surface area contributed by atoms with Crippen molar-refractivity contribution in [3.8, 4) is 0 Å². The van der Waals surface area contributed by atoms with Gasteiger partial charge in [0, 0.05) is 12.1 Å². The van der Waals surface area contributed by atoms with E-state index in [9.17, 15) is 5.11 Å². The van der Waals surface area contributed by atoms with Crippen molar-refractivity contribution in [2.24, 2.45) is 10.8 Å². The maximum absolute atomic E-state index is 10.1. The van der Waals surface area contributed by atoms with Crippen LogP contribution in [-0.2, 0) is 0 Å². The third-order valence-electron chi connectivity index (χ3n) is 1.79. The summed E-state index contributed by atoms with van der Waals surface area (Å²) in [6.07, 6.45) is 0.0842. The van der Waals surface area contributed by atoms with E-state index in [0.717, 1.165) is 5.01 Å². The molecule has 1 atom stereocenters. The lowest BCUT2D eigenvalue weighted by Gasteiger charge is -2.36. The van der Waals surface area contributed by atoms with Gasteiger partial charge in [-0.15, -0.1) is 0 Å². The number of nitrogens with two attached hydrogens (primary N) is 1. The van der Waals surface area contributed by atoms with Crippen molar-refractivity contribution < 1.29 is 5.11 Å². The van der Waals surface area contributed by atoms with Crippen LogP contribution in [0.3, 0.4) is 0 Å². The minimum absolute atomic E-state index is 0.0842.